The first-order chi connectivity index (χ1) is 12.7. The van der Waals surface area contributed by atoms with E-state index in [1.165, 1.54) is 12.1 Å². The van der Waals surface area contributed by atoms with Crippen LogP contribution in [0.5, 0.6) is 0 Å². The molecule has 0 amide bonds. The van der Waals surface area contributed by atoms with Gasteiger partial charge in [-0.05, 0) is 61.1 Å². The standard InChI is InChI=1S/C10H7F2N.C10H8F2O2/c11-8-2-1-7(5-9(8)12)10(6-13)3-4-10;11-7-2-1-6(5-8(7)12)10(3-4-10)9(13)14/h1-2,5H,3-4H2;1-2,5H,3-4H2,(H,13,14). The molecule has 0 radical (unpaired) electrons. The van der Waals surface area contributed by atoms with Crippen molar-refractivity contribution in [2.24, 2.45) is 0 Å². The van der Waals surface area contributed by atoms with Gasteiger partial charge in [-0.2, -0.15) is 5.26 Å². The molecule has 2 fully saturated rings. The Bertz CT molecular complexity index is 943. The maximum atomic E-state index is 12.8. The molecule has 3 nitrogen and oxygen atoms in total. The number of hydrogen-bond donors (Lipinski definition) is 1. The van der Waals surface area contributed by atoms with Gasteiger partial charge in [0, 0.05) is 0 Å². The minimum Gasteiger partial charge on any atom is -0.481 e. The van der Waals surface area contributed by atoms with E-state index in [1.807, 2.05) is 0 Å². The highest BCUT2D eigenvalue weighted by atomic mass is 19.2. The van der Waals surface area contributed by atoms with Crippen LogP contribution in [0.1, 0.15) is 36.8 Å². The van der Waals surface area contributed by atoms with Gasteiger partial charge in [0.1, 0.15) is 0 Å². The second-order valence-corrected chi connectivity index (χ2v) is 6.84. The minimum atomic E-state index is -0.991. The number of carboxylic acid groups (broad SMARTS) is 1. The maximum absolute atomic E-state index is 12.8. The van der Waals surface area contributed by atoms with Gasteiger partial charge in [-0.25, -0.2) is 17.6 Å². The number of nitriles is 1. The number of carbonyl (C=O) groups is 1. The molecule has 0 spiro atoms. The van der Waals surface area contributed by atoms with E-state index in [1.54, 1.807) is 0 Å². The lowest BCUT2D eigenvalue weighted by Gasteiger charge is -2.09. The van der Waals surface area contributed by atoms with Gasteiger partial charge in [-0.1, -0.05) is 12.1 Å². The molecule has 0 aromatic heterocycles. The van der Waals surface area contributed by atoms with Crippen molar-refractivity contribution in [1.82, 2.24) is 0 Å². The lowest BCUT2D eigenvalue weighted by Crippen LogP contribution is -2.19. The summed E-state index contributed by atoms with van der Waals surface area (Å²) in [6, 6.07) is 9.06. The van der Waals surface area contributed by atoms with Crippen LogP contribution in [-0.4, -0.2) is 11.1 Å². The Morgan fingerprint density at radius 3 is 1.70 bits per heavy atom. The Kier molecular flexibility index (Phi) is 4.68. The van der Waals surface area contributed by atoms with E-state index >= 15 is 0 Å². The van der Waals surface area contributed by atoms with Crippen molar-refractivity contribution in [3.05, 3.63) is 70.8 Å². The molecule has 0 unspecified atom stereocenters. The van der Waals surface area contributed by atoms with Gasteiger partial charge in [-0.3, -0.25) is 4.79 Å². The number of aliphatic carboxylic acids is 1. The molecule has 0 heterocycles. The van der Waals surface area contributed by atoms with Crippen molar-refractivity contribution in [3.63, 3.8) is 0 Å². The molecular formula is C20H15F4NO2. The monoisotopic (exact) mass is 377 g/mol. The highest BCUT2D eigenvalue weighted by Crippen LogP contribution is 2.49. The molecule has 2 aliphatic carbocycles. The van der Waals surface area contributed by atoms with Gasteiger partial charge in [0.05, 0.1) is 16.9 Å². The summed E-state index contributed by atoms with van der Waals surface area (Å²) in [5, 5.41) is 17.7. The number of hydrogen-bond acceptors (Lipinski definition) is 2. The quantitative estimate of drug-likeness (QED) is 0.795. The summed E-state index contributed by atoms with van der Waals surface area (Å²) in [4.78, 5) is 10.9. The van der Waals surface area contributed by atoms with Crippen LogP contribution in [0.15, 0.2) is 36.4 Å². The van der Waals surface area contributed by atoms with Crippen LogP contribution in [0.3, 0.4) is 0 Å². The average Bonchev–Trinajstić information content (AvgIpc) is 3.54. The summed E-state index contributed by atoms with van der Waals surface area (Å²) in [5.41, 5.74) is -0.555. The van der Waals surface area contributed by atoms with E-state index in [9.17, 15) is 22.4 Å². The summed E-state index contributed by atoms with van der Waals surface area (Å²) in [6.07, 6.45) is 2.48. The first-order valence-electron chi connectivity index (χ1n) is 8.30. The molecule has 7 heteroatoms. The zero-order valence-corrected chi connectivity index (χ0v) is 14.1. The zero-order valence-electron chi connectivity index (χ0n) is 14.1. The smallest absolute Gasteiger partial charge is 0.314 e. The van der Waals surface area contributed by atoms with Gasteiger partial charge in [0.15, 0.2) is 23.3 Å². The fraction of sp³-hybridized carbons (Fsp3) is 0.300. The van der Waals surface area contributed by atoms with Gasteiger partial charge < -0.3 is 5.11 Å². The van der Waals surface area contributed by atoms with E-state index in [0.29, 0.717) is 24.0 Å². The molecule has 4 rings (SSSR count). The fourth-order valence-corrected chi connectivity index (χ4v) is 2.93. The molecule has 1 N–H and O–H groups in total. The van der Waals surface area contributed by atoms with E-state index in [2.05, 4.69) is 6.07 Å². The van der Waals surface area contributed by atoms with E-state index < -0.39 is 40.1 Å². The third-order valence-corrected chi connectivity index (χ3v) is 5.07. The predicted molar refractivity (Wildman–Crippen MR) is 87.8 cm³/mol. The molecule has 2 aromatic carbocycles. The van der Waals surface area contributed by atoms with Crippen LogP contribution in [0, 0.1) is 34.6 Å². The van der Waals surface area contributed by atoms with Crippen LogP contribution in [-0.2, 0) is 15.6 Å². The largest absolute Gasteiger partial charge is 0.481 e. The molecule has 27 heavy (non-hydrogen) atoms. The summed E-state index contributed by atoms with van der Waals surface area (Å²) in [5.74, 6) is -4.65. The SMILES string of the molecule is N#CC1(c2ccc(F)c(F)c2)CC1.O=C(O)C1(c2ccc(F)c(F)c2)CC1. The van der Waals surface area contributed by atoms with Crippen molar-refractivity contribution in [2.75, 3.05) is 0 Å². The van der Waals surface area contributed by atoms with Crippen molar-refractivity contribution < 1.29 is 27.5 Å². The first-order valence-corrected chi connectivity index (χ1v) is 8.30. The number of carboxylic acids is 1. The second kappa shape index (κ2) is 6.69. The fourth-order valence-electron chi connectivity index (χ4n) is 2.93. The number of nitrogens with zero attached hydrogens (tertiary/aromatic N) is 1. The lowest BCUT2D eigenvalue weighted by molar-refractivity contribution is -0.140. The highest BCUT2D eigenvalue weighted by Gasteiger charge is 2.52. The van der Waals surface area contributed by atoms with Gasteiger partial charge in [-0.15, -0.1) is 0 Å². The molecule has 0 bridgehead atoms. The predicted octanol–water partition coefficient (Wildman–Crippen LogP) is 4.60. The Balaban J connectivity index is 0.000000156. The minimum absolute atomic E-state index is 0.351. The summed E-state index contributed by atoms with van der Waals surface area (Å²) in [7, 11) is 0. The maximum Gasteiger partial charge on any atom is 0.314 e. The van der Waals surface area contributed by atoms with Crippen molar-refractivity contribution in [1.29, 1.82) is 5.26 Å². The van der Waals surface area contributed by atoms with Crippen molar-refractivity contribution >= 4 is 5.97 Å². The average molecular weight is 377 g/mol. The topological polar surface area (TPSA) is 61.1 Å². The summed E-state index contributed by atoms with van der Waals surface area (Å²) < 4.78 is 50.8. The Morgan fingerprint density at radius 2 is 1.33 bits per heavy atom. The summed E-state index contributed by atoms with van der Waals surface area (Å²) >= 11 is 0. The number of rotatable bonds is 3. The van der Waals surface area contributed by atoms with Gasteiger partial charge >= 0.3 is 5.97 Å². The van der Waals surface area contributed by atoms with Crippen LogP contribution in [0.25, 0.3) is 0 Å². The Morgan fingerprint density at radius 1 is 0.852 bits per heavy atom. The van der Waals surface area contributed by atoms with Crippen LogP contribution < -0.4 is 0 Å². The molecule has 2 aromatic rings. The van der Waals surface area contributed by atoms with Crippen molar-refractivity contribution in [2.45, 2.75) is 36.5 Å². The molecule has 2 aliphatic rings. The zero-order chi connectivity index (χ0) is 19.8. The van der Waals surface area contributed by atoms with Crippen LogP contribution in [0.4, 0.5) is 17.6 Å². The van der Waals surface area contributed by atoms with Gasteiger partial charge in [0.2, 0.25) is 0 Å². The summed E-state index contributed by atoms with van der Waals surface area (Å²) in [6.45, 7) is 0. The number of halogens is 4. The number of benzene rings is 2. The molecule has 0 saturated heterocycles. The third kappa shape index (κ3) is 3.52. The van der Waals surface area contributed by atoms with Gasteiger partial charge in [0.25, 0.3) is 0 Å². The van der Waals surface area contributed by atoms with Crippen LogP contribution >= 0.6 is 0 Å². The molecule has 0 aliphatic heterocycles. The molecular weight excluding hydrogens is 362 g/mol. The second-order valence-electron chi connectivity index (χ2n) is 6.84. The lowest BCUT2D eigenvalue weighted by atomic mass is 9.96. The first kappa shape index (κ1) is 18.9. The third-order valence-electron chi connectivity index (χ3n) is 5.07. The molecule has 0 atom stereocenters. The Hall–Kier alpha value is -2.88. The van der Waals surface area contributed by atoms with E-state index in [4.69, 9.17) is 10.4 Å². The van der Waals surface area contributed by atoms with E-state index in [0.717, 1.165) is 37.1 Å². The van der Waals surface area contributed by atoms with E-state index in [-0.39, 0.29) is 0 Å². The van der Waals surface area contributed by atoms with Crippen molar-refractivity contribution in [3.8, 4) is 6.07 Å². The normalized spacial score (nSPS) is 17.9. The molecule has 2 saturated carbocycles. The Labute approximate surface area is 152 Å². The molecule has 140 valence electrons. The highest BCUT2D eigenvalue weighted by molar-refractivity contribution is 5.84. The van der Waals surface area contributed by atoms with Crippen LogP contribution in [0.2, 0.25) is 0 Å².